The summed E-state index contributed by atoms with van der Waals surface area (Å²) in [6, 6.07) is 8.44. The molecule has 1 aromatic heterocycles. The molecule has 0 radical (unpaired) electrons. The summed E-state index contributed by atoms with van der Waals surface area (Å²) in [5.41, 5.74) is 2.65. The van der Waals surface area contributed by atoms with E-state index in [0.29, 0.717) is 5.02 Å². The van der Waals surface area contributed by atoms with Gasteiger partial charge in [-0.25, -0.2) is 0 Å². The Balaban J connectivity index is 2.14. The van der Waals surface area contributed by atoms with Crippen LogP contribution in [0.4, 0.5) is 0 Å². The second-order valence-corrected chi connectivity index (χ2v) is 4.41. The molecule has 3 nitrogen and oxygen atoms in total. The third-order valence-corrected chi connectivity index (χ3v) is 2.89. The van der Waals surface area contributed by atoms with Gasteiger partial charge in [0.1, 0.15) is 0 Å². The molecule has 17 heavy (non-hydrogen) atoms. The van der Waals surface area contributed by atoms with E-state index in [1.54, 1.807) is 6.20 Å². The first kappa shape index (κ1) is 12.1. The number of aromatic nitrogens is 2. The molecule has 2 aromatic rings. The first-order chi connectivity index (χ1) is 8.29. The maximum atomic E-state index is 5.86. The van der Waals surface area contributed by atoms with Gasteiger partial charge >= 0.3 is 0 Å². The Bertz CT molecular complexity index is 479. The summed E-state index contributed by atoms with van der Waals surface area (Å²) in [7, 11) is 1.97. The number of hydrogen-bond donors (Lipinski definition) is 1. The van der Waals surface area contributed by atoms with Crippen molar-refractivity contribution >= 4 is 11.6 Å². The summed E-state index contributed by atoms with van der Waals surface area (Å²) in [4.78, 5) is 0. The quantitative estimate of drug-likeness (QED) is 0.882. The first-order valence-corrected chi connectivity index (χ1v) is 6.06. The van der Waals surface area contributed by atoms with Crippen LogP contribution in [0, 0.1) is 0 Å². The van der Waals surface area contributed by atoms with E-state index in [1.165, 1.54) is 11.1 Å². The largest absolute Gasteiger partial charge is 0.319 e. The van der Waals surface area contributed by atoms with E-state index in [4.69, 9.17) is 11.6 Å². The van der Waals surface area contributed by atoms with Crippen molar-refractivity contribution in [1.82, 2.24) is 15.1 Å². The number of rotatable bonds is 5. The van der Waals surface area contributed by atoms with Gasteiger partial charge in [-0.15, -0.1) is 0 Å². The normalized spacial score (nSPS) is 10.7. The Kier molecular flexibility index (Phi) is 4.18. The van der Waals surface area contributed by atoms with Crippen LogP contribution in [0.2, 0.25) is 5.02 Å². The van der Waals surface area contributed by atoms with E-state index in [1.807, 2.05) is 17.9 Å². The van der Waals surface area contributed by atoms with E-state index >= 15 is 0 Å². The number of benzene rings is 1. The van der Waals surface area contributed by atoms with E-state index < -0.39 is 0 Å². The van der Waals surface area contributed by atoms with Crippen molar-refractivity contribution in [1.29, 1.82) is 0 Å². The van der Waals surface area contributed by atoms with E-state index in [9.17, 15) is 0 Å². The minimum absolute atomic E-state index is 0.678. The van der Waals surface area contributed by atoms with Gasteiger partial charge in [0, 0.05) is 6.20 Å². The zero-order valence-corrected chi connectivity index (χ0v) is 10.6. The first-order valence-electron chi connectivity index (χ1n) is 5.69. The SMILES string of the molecule is CNCCc1ccccc1Cn1cc(Cl)cn1. The van der Waals surface area contributed by atoms with Crippen LogP contribution in [-0.2, 0) is 13.0 Å². The van der Waals surface area contributed by atoms with Crippen LogP contribution in [-0.4, -0.2) is 23.4 Å². The summed E-state index contributed by atoms with van der Waals surface area (Å²) in [6.07, 6.45) is 4.54. The molecule has 0 spiro atoms. The highest BCUT2D eigenvalue weighted by Gasteiger charge is 2.03. The smallest absolute Gasteiger partial charge is 0.0785 e. The van der Waals surface area contributed by atoms with Crippen molar-refractivity contribution in [3.05, 3.63) is 52.8 Å². The Morgan fingerprint density at radius 3 is 2.71 bits per heavy atom. The van der Waals surface area contributed by atoms with Crippen molar-refractivity contribution in [2.75, 3.05) is 13.6 Å². The van der Waals surface area contributed by atoms with Crippen LogP contribution in [0.5, 0.6) is 0 Å². The van der Waals surface area contributed by atoms with Crippen molar-refractivity contribution in [3.8, 4) is 0 Å². The lowest BCUT2D eigenvalue weighted by Gasteiger charge is -2.09. The van der Waals surface area contributed by atoms with Crippen LogP contribution in [0.25, 0.3) is 0 Å². The molecule has 0 saturated carbocycles. The molecule has 0 bridgehead atoms. The number of nitrogens with zero attached hydrogens (tertiary/aromatic N) is 2. The Morgan fingerprint density at radius 1 is 1.29 bits per heavy atom. The van der Waals surface area contributed by atoms with Crippen molar-refractivity contribution in [2.45, 2.75) is 13.0 Å². The summed E-state index contributed by atoms with van der Waals surface area (Å²) in [5.74, 6) is 0. The number of nitrogens with one attached hydrogen (secondary N) is 1. The van der Waals surface area contributed by atoms with Crippen molar-refractivity contribution < 1.29 is 0 Å². The average Bonchev–Trinajstić information content (AvgIpc) is 2.74. The highest BCUT2D eigenvalue weighted by atomic mass is 35.5. The Labute approximate surface area is 106 Å². The predicted molar refractivity (Wildman–Crippen MR) is 70.4 cm³/mol. The summed E-state index contributed by atoms with van der Waals surface area (Å²) in [6.45, 7) is 1.75. The van der Waals surface area contributed by atoms with Crippen molar-refractivity contribution in [3.63, 3.8) is 0 Å². The van der Waals surface area contributed by atoms with Crippen LogP contribution < -0.4 is 5.32 Å². The predicted octanol–water partition coefficient (Wildman–Crippen LogP) is 2.35. The number of hydrogen-bond acceptors (Lipinski definition) is 2. The molecule has 0 fully saturated rings. The summed E-state index contributed by atoms with van der Waals surface area (Å²) < 4.78 is 1.86. The standard InChI is InChI=1S/C13H16ClN3/c1-15-7-6-11-4-2-3-5-12(11)9-17-10-13(14)8-16-17/h2-5,8,10,15H,6-7,9H2,1H3. The van der Waals surface area contributed by atoms with Gasteiger partial charge in [-0.05, 0) is 31.1 Å². The fourth-order valence-corrected chi connectivity index (χ4v) is 1.97. The number of halogens is 1. The molecule has 0 atom stereocenters. The van der Waals surface area contributed by atoms with Crippen LogP contribution in [0.3, 0.4) is 0 Å². The minimum Gasteiger partial charge on any atom is -0.319 e. The summed E-state index contributed by atoms with van der Waals surface area (Å²) >= 11 is 5.86. The molecule has 0 unspecified atom stereocenters. The second kappa shape index (κ2) is 5.84. The van der Waals surface area contributed by atoms with Gasteiger partial charge in [-0.2, -0.15) is 5.10 Å². The van der Waals surface area contributed by atoms with Crippen LogP contribution in [0.1, 0.15) is 11.1 Å². The van der Waals surface area contributed by atoms with Gasteiger partial charge in [0.25, 0.3) is 0 Å². The zero-order chi connectivity index (χ0) is 12.1. The second-order valence-electron chi connectivity index (χ2n) is 3.98. The molecule has 1 heterocycles. The van der Waals surface area contributed by atoms with Crippen LogP contribution >= 0.6 is 11.6 Å². The average molecular weight is 250 g/mol. The fourth-order valence-electron chi connectivity index (χ4n) is 1.81. The molecule has 0 aliphatic rings. The van der Waals surface area contributed by atoms with Gasteiger partial charge in [-0.1, -0.05) is 35.9 Å². The van der Waals surface area contributed by atoms with E-state index in [0.717, 1.165) is 19.5 Å². The van der Waals surface area contributed by atoms with Crippen LogP contribution in [0.15, 0.2) is 36.7 Å². The molecule has 4 heteroatoms. The summed E-state index contributed by atoms with van der Waals surface area (Å²) in [5, 5.41) is 8.05. The van der Waals surface area contributed by atoms with Crippen molar-refractivity contribution in [2.24, 2.45) is 0 Å². The fraction of sp³-hybridized carbons (Fsp3) is 0.308. The third-order valence-electron chi connectivity index (χ3n) is 2.70. The van der Waals surface area contributed by atoms with E-state index in [-0.39, 0.29) is 0 Å². The van der Waals surface area contributed by atoms with Gasteiger partial charge in [0.2, 0.25) is 0 Å². The molecule has 1 N–H and O–H groups in total. The molecule has 0 aliphatic heterocycles. The zero-order valence-electron chi connectivity index (χ0n) is 9.86. The van der Waals surface area contributed by atoms with Gasteiger partial charge in [0.15, 0.2) is 0 Å². The van der Waals surface area contributed by atoms with Gasteiger partial charge in [-0.3, -0.25) is 4.68 Å². The maximum Gasteiger partial charge on any atom is 0.0785 e. The molecule has 0 saturated heterocycles. The lowest BCUT2D eigenvalue weighted by Crippen LogP contribution is -2.12. The Hall–Kier alpha value is -1.32. The highest BCUT2D eigenvalue weighted by molar-refractivity contribution is 6.30. The molecule has 2 rings (SSSR count). The highest BCUT2D eigenvalue weighted by Crippen LogP contribution is 2.12. The Morgan fingerprint density at radius 2 is 2.06 bits per heavy atom. The molecule has 90 valence electrons. The van der Waals surface area contributed by atoms with Gasteiger partial charge < -0.3 is 5.32 Å². The molecule has 1 aromatic carbocycles. The maximum absolute atomic E-state index is 5.86. The minimum atomic E-state index is 0.678. The number of likely N-dealkylation sites (N-methyl/N-ethyl adjacent to an activating group) is 1. The molecule has 0 aliphatic carbocycles. The monoisotopic (exact) mass is 249 g/mol. The topological polar surface area (TPSA) is 29.9 Å². The molecule has 0 amide bonds. The lowest BCUT2D eigenvalue weighted by atomic mass is 10.0. The molecular formula is C13H16ClN3. The lowest BCUT2D eigenvalue weighted by molar-refractivity contribution is 0.677. The van der Waals surface area contributed by atoms with E-state index in [2.05, 4.69) is 34.7 Å². The van der Waals surface area contributed by atoms with Gasteiger partial charge in [0.05, 0.1) is 17.8 Å². The molecular weight excluding hydrogens is 234 g/mol. The third kappa shape index (κ3) is 3.32.